The van der Waals surface area contributed by atoms with Gasteiger partial charge in [-0.05, 0) is 50.3 Å². The van der Waals surface area contributed by atoms with Crippen molar-refractivity contribution in [1.29, 1.82) is 0 Å². The minimum absolute atomic E-state index is 0.164. The lowest BCUT2D eigenvalue weighted by atomic mass is 9.80. The van der Waals surface area contributed by atoms with Gasteiger partial charge in [0.05, 0.1) is 12.2 Å². The molecule has 2 bridgehead atoms. The van der Waals surface area contributed by atoms with Crippen LogP contribution in [0.3, 0.4) is 0 Å². The molecule has 0 saturated carbocycles. The summed E-state index contributed by atoms with van der Waals surface area (Å²) in [4.78, 5) is 0. The Labute approximate surface area is 107 Å². The van der Waals surface area contributed by atoms with Gasteiger partial charge < -0.3 is 10.5 Å². The van der Waals surface area contributed by atoms with Crippen LogP contribution in [-0.4, -0.2) is 12.2 Å². The molecule has 2 heterocycles. The fourth-order valence-corrected chi connectivity index (χ4v) is 3.62. The molecule has 98 valence electrons. The van der Waals surface area contributed by atoms with Gasteiger partial charge >= 0.3 is 0 Å². The van der Waals surface area contributed by atoms with Crippen LogP contribution in [0.2, 0.25) is 0 Å². The first kappa shape index (κ1) is 12.1. The number of nitrogens with two attached hydrogens (primary N) is 1. The maximum absolute atomic E-state index is 14.1. The van der Waals surface area contributed by atoms with Gasteiger partial charge in [-0.2, -0.15) is 0 Å². The summed E-state index contributed by atoms with van der Waals surface area (Å²) >= 11 is 0. The third-order valence-corrected chi connectivity index (χ3v) is 4.43. The van der Waals surface area contributed by atoms with Crippen LogP contribution in [-0.2, 0) is 4.74 Å². The van der Waals surface area contributed by atoms with E-state index in [0.29, 0.717) is 11.7 Å². The van der Waals surface area contributed by atoms with E-state index in [-0.39, 0.29) is 23.9 Å². The maximum atomic E-state index is 14.1. The molecule has 0 aliphatic carbocycles. The SMILES string of the molecule is Cc1cc(C)c(C(N)C2CC3CCC2O3)c(F)c1. The highest BCUT2D eigenvalue weighted by molar-refractivity contribution is 5.35. The molecule has 3 heteroatoms. The molecule has 4 atom stereocenters. The molecule has 1 aromatic carbocycles. The zero-order valence-electron chi connectivity index (χ0n) is 10.9. The average molecular weight is 249 g/mol. The number of rotatable bonds is 2. The number of benzene rings is 1. The predicted octanol–water partition coefficient (Wildman–Crippen LogP) is 3.01. The minimum atomic E-state index is -0.235. The third kappa shape index (κ3) is 1.86. The van der Waals surface area contributed by atoms with E-state index in [0.717, 1.165) is 30.4 Å². The molecule has 4 unspecified atom stereocenters. The van der Waals surface area contributed by atoms with E-state index in [1.165, 1.54) is 0 Å². The highest BCUT2D eigenvalue weighted by Crippen LogP contribution is 2.44. The standard InChI is InChI=1S/C15H20FNO/c1-8-5-9(2)14(12(16)6-8)15(17)11-7-10-3-4-13(11)18-10/h5-6,10-11,13,15H,3-4,7,17H2,1-2H3. The Morgan fingerprint density at radius 1 is 1.33 bits per heavy atom. The predicted molar refractivity (Wildman–Crippen MR) is 68.8 cm³/mol. The van der Waals surface area contributed by atoms with Crippen molar-refractivity contribution in [3.63, 3.8) is 0 Å². The molecular formula is C15H20FNO. The molecule has 2 nitrogen and oxygen atoms in total. The van der Waals surface area contributed by atoms with E-state index in [1.807, 2.05) is 19.9 Å². The minimum Gasteiger partial charge on any atom is -0.375 e. The Morgan fingerprint density at radius 2 is 2.11 bits per heavy atom. The van der Waals surface area contributed by atoms with Crippen LogP contribution < -0.4 is 5.73 Å². The van der Waals surface area contributed by atoms with Crippen molar-refractivity contribution in [1.82, 2.24) is 0 Å². The van der Waals surface area contributed by atoms with Gasteiger partial charge in [-0.3, -0.25) is 0 Å². The first-order valence-electron chi connectivity index (χ1n) is 6.74. The Bertz CT molecular complexity index is 451. The highest BCUT2D eigenvalue weighted by atomic mass is 19.1. The van der Waals surface area contributed by atoms with Gasteiger partial charge in [0.2, 0.25) is 0 Å². The first-order valence-corrected chi connectivity index (χ1v) is 6.74. The summed E-state index contributed by atoms with van der Waals surface area (Å²) in [6, 6.07) is 3.35. The van der Waals surface area contributed by atoms with Crippen LogP contribution in [0.1, 0.15) is 42.0 Å². The molecule has 2 aliphatic heterocycles. The molecule has 18 heavy (non-hydrogen) atoms. The second-order valence-corrected chi connectivity index (χ2v) is 5.78. The molecule has 2 saturated heterocycles. The van der Waals surface area contributed by atoms with Gasteiger partial charge in [-0.25, -0.2) is 4.39 Å². The molecule has 1 aromatic rings. The Kier molecular flexibility index (Phi) is 2.91. The Morgan fingerprint density at radius 3 is 2.67 bits per heavy atom. The van der Waals surface area contributed by atoms with Crippen molar-refractivity contribution in [3.8, 4) is 0 Å². The molecule has 2 N–H and O–H groups in total. The van der Waals surface area contributed by atoms with Crippen molar-refractivity contribution in [2.24, 2.45) is 11.7 Å². The summed E-state index contributed by atoms with van der Waals surface area (Å²) in [5.41, 5.74) is 8.91. The van der Waals surface area contributed by atoms with Crippen LogP contribution in [0.5, 0.6) is 0 Å². The lowest BCUT2D eigenvalue weighted by molar-refractivity contribution is 0.0882. The smallest absolute Gasteiger partial charge is 0.128 e. The molecule has 2 aliphatic rings. The van der Waals surface area contributed by atoms with E-state index in [2.05, 4.69) is 0 Å². The second kappa shape index (κ2) is 4.32. The van der Waals surface area contributed by atoms with Gasteiger partial charge in [-0.1, -0.05) is 6.07 Å². The quantitative estimate of drug-likeness (QED) is 0.874. The lowest BCUT2D eigenvalue weighted by Gasteiger charge is -2.27. The maximum Gasteiger partial charge on any atom is 0.128 e. The monoisotopic (exact) mass is 249 g/mol. The summed E-state index contributed by atoms with van der Waals surface area (Å²) < 4.78 is 20.0. The van der Waals surface area contributed by atoms with E-state index < -0.39 is 0 Å². The van der Waals surface area contributed by atoms with Gasteiger partial charge in [0.15, 0.2) is 0 Å². The van der Waals surface area contributed by atoms with Gasteiger partial charge in [-0.15, -0.1) is 0 Å². The number of hydrogen-bond donors (Lipinski definition) is 1. The molecular weight excluding hydrogens is 229 g/mol. The lowest BCUT2D eigenvalue weighted by Crippen LogP contribution is -2.30. The van der Waals surface area contributed by atoms with E-state index >= 15 is 0 Å². The molecule has 3 rings (SSSR count). The number of fused-ring (bicyclic) bond motifs is 2. The normalized spacial score (nSPS) is 31.9. The number of hydrogen-bond acceptors (Lipinski definition) is 2. The van der Waals surface area contributed by atoms with Gasteiger partial charge in [0.25, 0.3) is 0 Å². The Balaban J connectivity index is 1.91. The van der Waals surface area contributed by atoms with Crippen molar-refractivity contribution in [3.05, 3.63) is 34.6 Å². The molecule has 0 radical (unpaired) electrons. The van der Waals surface area contributed by atoms with Crippen LogP contribution >= 0.6 is 0 Å². The topological polar surface area (TPSA) is 35.2 Å². The van der Waals surface area contributed by atoms with Crippen LogP contribution in [0.15, 0.2) is 12.1 Å². The van der Waals surface area contributed by atoms with Crippen molar-refractivity contribution in [2.45, 2.75) is 51.4 Å². The van der Waals surface area contributed by atoms with Gasteiger partial charge in [0, 0.05) is 17.5 Å². The zero-order chi connectivity index (χ0) is 12.9. The fraction of sp³-hybridized carbons (Fsp3) is 0.600. The summed E-state index contributed by atoms with van der Waals surface area (Å²) in [6.45, 7) is 3.85. The molecule has 0 aromatic heterocycles. The number of aryl methyl sites for hydroxylation is 2. The average Bonchev–Trinajstić information content (AvgIpc) is 2.88. The Hall–Kier alpha value is -0.930. The number of halogens is 1. The summed E-state index contributed by atoms with van der Waals surface area (Å²) in [5.74, 6) is 0.113. The number of ether oxygens (including phenoxy) is 1. The van der Waals surface area contributed by atoms with Gasteiger partial charge in [0.1, 0.15) is 5.82 Å². The zero-order valence-corrected chi connectivity index (χ0v) is 10.9. The molecule has 2 fully saturated rings. The van der Waals surface area contributed by atoms with Crippen LogP contribution in [0.4, 0.5) is 4.39 Å². The summed E-state index contributed by atoms with van der Waals surface area (Å²) in [7, 11) is 0. The highest BCUT2D eigenvalue weighted by Gasteiger charge is 2.44. The van der Waals surface area contributed by atoms with Crippen LogP contribution in [0.25, 0.3) is 0 Å². The van der Waals surface area contributed by atoms with Crippen LogP contribution in [0, 0.1) is 25.6 Å². The largest absolute Gasteiger partial charge is 0.375 e. The second-order valence-electron chi connectivity index (χ2n) is 5.78. The molecule has 0 spiro atoms. The summed E-state index contributed by atoms with van der Waals surface area (Å²) in [5, 5.41) is 0. The van der Waals surface area contributed by atoms with Crippen molar-refractivity contribution in [2.75, 3.05) is 0 Å². The van der Waals surface area contributed by atoms with E-state index in [9.17, 15) is 4.39 Å². The molecule has 0 amide bonds. The van der Waals surface area contributed by atoms with Crippen molar-refractivity contribution < 1.29 is 9.13 Å². The van der Waals surface area contributed by atoms with E-state index in [1.54, 1.807) is 6.07 Å². The summed E-state index contributed by atoms with van der Waals surface area (Å²) in [6.07, 6.45) is 3.81. The first-order chi connectivity index (χ1) is 8.56. The third-order valence-electron chi connectivity index (χ3n) is 4.43. The van der Waals surface area contributed by atoms with Crippen molar-refractivity contribution >= 4 is 0 Å². The van der Waals surface area contributed by atoms with E-state index in [4.69, 9.17) is 10.5 Å². The fourth-order valence-electron chi connectivity index (χ4n) is 3.62.